The third kappa shape index (κ3) is 5.97. The van der Waals surface area contributed by atoms with Crippen molar-refractivity contribution in [3.8, 4) is 0 Å². The number of pyridine rings is 1. The molecule has 1 aromatic carbocycles. The van der Waals surface area contributed by atoms with Crippen LogP contribution in [-0.4, -0.2) is 28.9 Å². The minimum Gasteiger partial charge on any atom is -0.352 e. The van der Waals surface area contributed by atoms with Crippen molar-refractivity contribution in [3.05, 3.63) is 69.6 Å². The predicted molar refractivity (Wildman–Crippen MR) is 103 cm³/mol. The maximum Gasteiger partial charge on any atom is 0.312 e. The third-order valence-corrected chi connectivity index (χ3v) is 4.08. The Morgan fingerprint density at radius 1 is 1.07 bits per heavy atom. The number of nitrogens with two attached hydrogens (primary N) is 1. The lowest BCUT2D eigenvalue weighted by molar-refractivity contribution is -0.122. The van der Waals surface area contributed by atoms with E-state index in [-0.39, 0.29) is 35.5 Å². The van der Waals surface area contributed by atoms with Gasteiger partial charge in [-0.1, -0.05) is 24.3 Å². The molecule has 0 aliphatic rings. The first kappa shape index (κ1) is 20.7. The normalized spacial score (nSPS) is 12.5. The fraction of sp³-hybridized carbons (Fsp3) is 0.263. The van der Waals surface area contributed by atoms with E-state index in [9.17, 15) is 19.2 Å². The SMILES string of the molecule is CC(NC(N)=O)C(=O)NCc1ccc(C(C)NC(=O)c2cc[nH]c(=O)c2)cc1. The molecule has 0 saturated carbocycles. The number of H-pyrrole nitrogens is 1. The smallest absolute Gasteiger partial charge is 0.312 e. The fourth-order valence-electron chi connectivity index (χ4n) is 2.49. The summed E-state index contributed by atoms with van der Waals surface area (Å²) in [7, 11) is 0. The van der Waals surface area contributed by atoms with Crippen molar-refractivity contribution in [1.29, 1.82) is 0 Å². The summed E-state index contributed by atoms with van der Waals surface area (Å²) in [6, 6.07) is 8.36. The first-order valence-electron chi connectivity index (χ1n) is 8.68. The Morgan fingerprint density at radius 3 is 2.36 bits per heavy atom. The maximum absolute atomic E-state index is 12.2. The number of benzene rings is 1. The van der Waals surface area contributed by atoms with Crippen molar-refractivity contribution in [3.63, 3.8) is 0 Å². The molecule has 4 amide bonds. The second-order valence-corrected chi connectivity index (χ2v) is 6.33. The number of hydrogen-bond acceptors (Lipinski definition) is 4. The Balaban J connectivity index is 1.90. The molecule has 0 aliphatic carbocycles. The molecule has 9 heteroatoms. The first-order valence-corrected chi connectivity index (χ1v) is 8.68. The van der Waals surface area contributed by atoms with Gasteiger partial charge < -0.3 is 26.7 Å². The van der Waals surface area contributed by atoms with E-state index in [1.54, 1.807) is 0 Å². The van der Waals surface area contributed by atoms with Crippen molar-refractivity contribution in [1.82, 2.24) is 20.9 Å². The summed E-state index contributed by atoms with van der Waals surface area (Å²) < 4.78 is 0. The molecule has 28 heavy (non-hydrogen) atoms. The lowest BCUT2D eigenvalue weighted by atomic mass is 10.1. The summed E-state index contributed by atoms with van der Waals surface area (Å²) in [6.45, 7) is 3.66. The van der Waals surface area contributed by atoms with Gasteiger partial charge in [-0.05, 0) is 31.0 Å². The molecule has 6 N–H and O–H groups in total. The van der Waals surface area contributed by atoms with E-state index in [0.717, 1.165) is 11.1 Å². The van der Waals surface area contributed by atoms with E-state index in [1.165, 1.54) is 25.3 Å². The number of carbonyl (C=O) groups excluding carboxylic acids is 3. The second kappa shape index (κ2) is 9.36. The average Bonchev–Trinajstić information content (AvgIpc) is 2.65. The molecule has 1 aromatic heterocycles. The quantitative estimate of drug-likeness (QED) is 0.473. The van der Waals surface area contributed by atoms with Crippen LogP contribution in [0, 0.1) is 0 Å². The van der Waals surface area contributed by atoms with Crippen molar-refractivity contribution in [2.45, 2.75) is 32.5 Å². The van der Waals surface area contributed by atoms with E-state index in [0.29, 0.717) is 0 Å². The average molecular weight is 385 g/mol. The Labute approximate surface area is 161 Å². The van der Waals surface area contributed by atoms with Gasteiger partial charge in [-0.2, -0.15) is 0 Å². The molecule has 2 rings (SSSR count). The number of urea groups is 1. The van der Waals surface area contributed by atoms with E-state index < -0.39 is 12.1 Å². The highest BCUT2D eigenvalue weighted by Gasteiger charge is 2.14. The Kier molecular flexibility index (Phi) is 6.91. The lowest BCUT2D eigenvalue weighted by Crippen LogP contribution is -2.46. The lowest BCUT2D eigenvalue weighted by Gasteiger charge is -2.15. The Hall–Kier alpha value is -3.62. The second-order valence-electron chi connectivity index (χ2n) is 6.33. The highest BCUT2D eigenvalue weighted by atomic mass is 16.2. The number of aromatic nitrogens is 1. The number of hydrogen-bond donors (Lipinski definition) is 5. The van der Waals surface area contributed by atoms with Crippen molar-refractivity contribution in [2.75, 3.05) is 0 Å². The molecule has 2 unspecified atom stereocenters. The zero-order valence-corrected chi connectivity index (χ0v) is 15.6. The van der Waals surface area contributed by atoms with Crippen LogP contribution >= 0.6 is 0 Å². The molecule has 1 heterocycles. The summed E-state index contributed by atoms with van der Waals surface area (Å²) in [5, 5.41) is 7.83. The van der Waals surface area contributed by atoms with Gasteiger partial charge in [0.25, 0.3) is 5.91 Å². The topological polar surface area (TPSA) is 146 Å². The van der Waals surface area contributed by atoms with Crippen LogP contribution in [0.3, 0.4) is 0 Å². The van der Waals surface area contributed by atoms with Gasteiger partial charge in [0.2, 0.25) is 11.5 Å². The summed E-state index contributed by atoms with van der Waals surface area (Å²) >= 11 is 0. The Morgan fingerprint density at radius 2 is 1.75 bits per heavy atom. The number of aromatic amines is 1. The highest BCUT2D eigenvalue weighted by Crippen LogP contribution is 2.14. The molecule has 2 atom stereocenters. The molecule has 0 aliphatic heterocycles. The van der Waals surface area contributed by atoms with Gasteiger partial charge in [-0.25, -0.2) is 4.79 Å². The first-order chi connectivity index (χ1) is 13.3. The van der Waals surface area contributed by atoms with Gasteiger partial charge in [-0.3, -0.25) is 14.4 Å². The van der Waals surface area contributed by atoms with Crippen molar-refractivity contribution in [2.24, 2.45) is 5.73 Å². The molecule has 0 saturated heterocycles. The zero-order chi connectivity index (χ0) is 20.7. The van der Waals surface area contributed by atoms with Crippen molar-refractivity contribution < 1.29 is 14.4 Å². The minimum absolute atomic E-state index is 0.268. The fourth-order valence-corrected chi connectivity index (χ4v) is 2.49. The molecule has 0 bridgehead atoms. The van der Waals surface area contributed by atoms with E-state index >= 15 is 0 Å². The predicted octanol–water partition coefficient (Wildman–Crippen LogP) is 0.539. The highest BCUT2D eigenvalue weighted by molar-refractivity contribution is 5.94. The van der Waals surface area contributed by atoms with Crippen LogP contribution in [-0.2, 0) is 11.3 Å². The standard InChI is InChI=1S/C19H23N5O4/c1-11(23-18(27)15-7-8-21-16(25)9-15)14-5-3-13(4-6-14)10-22-17(26)12(2)24-19(20)28/h3-9,11-12H,10H2,1-2H3,(H,21,25)(H,22,26)(H,23,27)(H3,20,24,28). The van der Waals surface area contributed by atoms with Crippen LogP contribution in [0.1, 0.15) is 41.4 Å². The summed E-state index contributed by atoms with van der Waals surface area (Å²) in [5.41, 5.74) is 6.66. The van der Waals surface area contributed by atoms with Crippen LogP contribution in [0.4, 0.5) is 4.79 Å². The summed E-state index contributed by atoms with van der Waals surface area (Å²) in [4.78, 5) is 48.6. The number of amides is 4. The minimum atomic E-state index is -0.761. The molecular formula is C19H23N5O4. The summed E-state index contributed by atoms with van der Waals surface area (Å²) in [6.07, 6.45) is 1.42. The molecule has 9 nitrogen and oxygen atoms in total. The Bertz CT molecular complexity index is 907. The number of rotatable bonds is 7. The zero-order valence-electron chi connectivity index (χ0n) is 15.6. The van der Waals surface area contributed by atoms with Crippen LogP contribution in [0.15, 0.2) is 47.4 Å². The molecule has 148 valence electrons. The molecule has 0 radical (unpaired) electrons. The van der Waals surface area contributed by atoms with Gasteiger partial charge >= 0.3 is 6.03 Å². The number of nitrogens with one attached hydrogen (secondary N) is 4. The number of carbonyl (C=O) groups is 3. The van der Waals surface area contributed by atoms with Crippen LogP contribution in [0.5, 0.6) is 0 Å². The summed E-state index contributed by atoms with van der Waals surface area (Å²) in [5.74, 6) is -0.688. The van der Waals surface area contributed by atoms with Crippen LogP contribution < -0.4 is 27.2 Å². The largest absolute Gasteiger partial charge is 0.352 e. The molecule has 0 spiro atoms. The third-order valence-electron chi connectivity index (χ3n) is 4.08. The molecule has 0 fully saturated rings. The van der Waals surface area contributed by atoms with Gasteiger partial charge in [0, 0.05) is 24.4 Å². The van der Waals surface area contributed by atoms with Gasteiger partial charge in [0.15, 0.2) is 0 Å². The van der Waals surface area contributed by atoms with E-state index in [2.05, 4.69) is 20.9 Å². The maximum atomic E-state index is 12.2. The van der Waals surface area contributed by atoms with Gasteiger partial charge in [0.05, 0.1) is 6.04 Å². The van der Waals surface area contributed by atoms with Gasteiger partial charge in [-0.15, -0.1) is 0 Å². The molecular weight excluding hydrogens is 362 g/mol. The van der Waals surface area contributed by atoms with Gasteiger partial charge in [0.1, 0.15) is 6.04 Å². The monoisotopic (exact) mass is 385 g/mol. The number of primary amides is 1. The van der Waals surface area contributed by atoms with Crippen molar-refractivity contribution >= 4 is 17.8 Å². The van der Waals surface area contributed by atoms with E-state index in [4.69, 9.17) is 5.73 Å². The van der Waals surface area contributed by atoms with E-state index in [1.807, 2.05) is 31.2 Å². The molecule has 2 aromatic rings. The van der Waals surface area contributed by atoms with Crippen LogP contribution in [0.2, 0.25) is 0 Å². The van der Waals surface area contributed by atoms with Crippen LogP contribution in [0.25, 0.3) is 0 Å².